The van der Waals surface area contributed by atoms with Crippen molar-refractivity contribution >= 4 is 32.8 Å². The second-order valence-corrected chi connectivity index (χ2v) is 13.7. The van der Waals surface area contributed by atoms with Crippen molar-refractivity contribution in [2.75, 3.05) is 0 Å². The molecule has 1 unspecified atom stereocenters. The number of aryl methyl sites for hydroxylation is 3. The molecule has 0 spiro atoms. The number of benzene rings is 5. The Labute approximate surface area is 300 Å². The van der Waals surface area contributed by atoms with Crippen molar-refractivity contribution < 1.29 is 28.2 Å². The Kier molecular flexibility index (Phi) is 6.68. The van der Waals surface area contributed by atoms with E-state index in [4.69, 9.17) is 13.8 Å². The van der Waals surface area contributed by atoms with E-state index in [0.29, 0.717) is 22.9 Å². The zero-order chi connectivity index (χ0) is 35.6. The van der Waals surface area contributed by atoms with Crippen LogP contribution in [0.3, 0.4) is 0 Å². The molecule has 6 heteroatoms. The molecule has 1 aliphatic carbocycles. The Morgan fingerprint density at radius 2 is 1.57 bits per heavy atom. The molecule has 244 valence electrons. The van der Waals surface area contributed by atoms with Gasteiger partial charge in [0.05, 0.1) is 0 Å². The molecule has 1 atom stereocenters. The summed E-state index contributed by atoms with van der Waals surface area (Å²) in [5.41, 5.74) is 8.20. The van der Waals surface area contributed by atoms with Crippen molar-refractivity contribution in [1.82, 2.24) is 18.7 Å². The minimum atomic E-state index is -2.35. The van der Waals surface area contributed by atoms with E-state index in [2.05, 4.69) is 84.1 Å². The summed E-state index contributed by atoms with van der Waals surface area (Å²) < 4.78 is 39.8. The van der Waals surface area contributed by atoms with Gasteiger partial charge in [-0.05, 0) is 30.1 Å². The second-order valence-electron chi connectivity index (χ2n) is 12.7. The maximum atomic E-state index is 8.43. The summed E-state index contributed by atoms with van der Waals surface area (Å²) in [5.74, 6) is 1.68. The van der Waals surface area contributed by atoms with Gasteiger partial charge in [-0.1, -0.05) is 48.5 Å². The molecule has 3 aromatic heterocycles. The smallest absolute Gasteiger partial charge is 0.238 e. The van der Waals surface area contributed by atoms with Crippen LogP contribution in [-0.4, -0.2) is 18.7 Å². The molecule has 3 heterocycles. The van der Waals surface area contributed by atoms with Gasteiger partial charge in [0.25, 0.3) is 0 Å². The van der Waals surface area contributed by atoms with Gasteiger partial charge in [0, 0.05) is 15.9 Å². The summed E-state index contributed by atoms with van der Waals surface area (Å²) in [5, 5.41) is 1.99. The molecule has 0 amide bonds. The van der Waals surface area contributed by atoms with Crippen molar-refractivity contribution in [3.8, 4) is 28.4 Å². The predicted octanol–water partition coefficient (Wildman–Crippen LogP) is 10.2. The molecule has 9 rings (SSSR count). The molecule has 8 aromatic rings. The molecule has 0 aliphatic heterocycles. The summed E-state index contributed by atoms with van der Waals surface area (Å²) in [6.45, 7) is -2.35. The van der Waals surface area contributed by atoms with Crippen molar-refractivity contribution in [3.05, 3.63) is 148 Å². The zero-order valence-corrected chi connectivity index (χ0v) is 29.2. The number of nitrogens with zero attached hydrogens (tertiary/aromatic N) is 4. The van der Waals surface area contributed by atoms with Gasteiger partial charge in [-0.2, -0.15) is 0 Å². The van der Waals surface area contributed by atoms with Crippen LogP contribution in [0.15, 0.2) is 115 Å². The van der Waals surface area contributed by atoms with E-state index in [0.717, 1.165) is 53.1 Å². The zero-order valence-electron chi connectivity index (χ0n) is 29.9. The van der Waals surface area contributed by atoms with Crippen LogP contribution in [0.4, 0.5) is 0 Å². The van der Waals surface area contributed by atoms with Crippen molar-refractivity contribution in [1.29, 1.82) is 0 Å². The number of aromatic nitrogens is 4. The Morgan fingerprint density at radius 3 is 2.43 bits per heavy atom. The molecular weight excluding hydrogens is 784 g/mol. The molecule has 0 N–H and O–H groups in total. The average Bonchev–Trinajstić information content (AvgIpc) is 3.51. The average molecular weight is 821 g/mol. The van der Waals surface area contributed by atoms with Crippen molar-refractivity contribution in [3.63, 3.8) is 0 Å². The van der Waals surface area contributed by atoms with E-state index in [9.17, 15) is 0 Å². The van der Waals surface area contributed by atoms with Gasteiger partial charge in [0.1, 0.15) is 0 Å². The second kappa shape index (κ2) is 12.2. The third-order valence-corrected chi connectivity index (χ3v) is 11.1. The fourth-order valence-corrected chi connectivity index (χ4v) is 8.34. The van der Waals surface area contributed by atoms with Gasteiger partial charge in [0.2, 0.25) is 0 Å². The summed E-state index contributed by atoms with van der Waals surface area (Å²) in [6.07, 6.45) is 5.97. The van der Waals surface area contributed by atoms with Gasteiger partial charge in [-0.25, -0.2) is 4.98 Å². The molecule has 0 radical (unpaired) electrons. The number of pyridine rings is 1. The van der Waals surface area contributed by atoms with E-state index in [1.807, 2.05) is 71.3 Å². The van der Waals surface area contributed by atoms with Gasteiger partial charge < -0.3 is 0 Å². The summed E-state index contributed by atoms with van der Waals surface area (Å²) in [6, 6.07) is 43.5. The van der Waals surface area contributed by atoms with Crippen molar-refractivity contribution in [2.45, 2.75) is 38.6 Å². The number of rotatable bonds is 5. The Morgan fingerprint density at radius 1 is 0.816 bits per heavy atom. The van der Waals surface area contributed by atoms with Gasteiger partial charge >= 0.3 is 202 Å². The van der Waals surface area contributed by atoms with Gasteiger partial charge in [-0.15, -0.1) is 0 Å². The molecule has 0 fully saturated rings. The summed E-state index contributed by atoms with van der Waals surface area (Å²) in [7, 11) is 2.13. The van der Waals surface area contributed by atoms with Crippen LogP contribution in [0.1, 0.15) is 46.1 Å². The van der Waals surface area contributed by atoms with E-state index in [-0.39, 0.29) is 11.6 Å². The fraction of sp³-hybridized carbons (Fsp3) is 0.163. The molecular formula is C43H34N4OPt-2. The first-order chi connectivity index (χ1) is 25.3. The molecule has 5 aromatic carbocycles. The van der Waals surface area contributed by atoms with Crippen LogP contribution in [-0.2, 0) is 32.8 Å². The SMILES string of the molecule is [2H]C([2H])([2H])c1cc(-n2c3[c-]c(Oc4[c-]c5c(cc4)CCCCC5n4[c](=[Pt])n(C)c5ccccc54)ccc3c3ccccc32)ncc1-c1ccccc1. The first-order valence-electron chi connectivity index (χ1n) is 18.1. The molecule has 0 bridgehead atoms. The van der Waals surface area contributed by atoms with E-state index in [1.54, 1.807) is 12.3 Å². The standard InChI is InChI=1S/C43H34N4O.Pt/c1-29-24-43(44-27-37(29)30-12-4-3-5-13-30)47-39-17-9-7-15-34(39)35-23-22-33(26-42(35)47)48-32-21-20-31-14-6-8-16-38(36(31)25-32)46-28-45(2)40-18-10-11-19-41(40)46;/h3-5,7,9-13,15,17-24,27,38H,6,8,14,16H2,1-2H3;/q-2;/i1D3;. The fourth-order valence-electron chi connectivity index (χ4n) is 7.44. The third-order valence-electron chi connectivity index (χ3n) is 9.78. The number of imidazole rings is 1. The first kappa shape index (κ1) is 26.9. The van der Waals surface area contributed by atoms with E-state index in [1.165, 1.54) is 26.0 Å². The minimum absolute atomic E-state index is 0.131. The van der Waals surface area contributed by atoms with Gasteiger partial charge in [-0.3, -0.25) is 0 Å². The normalized spacial score (nSPS) is 15.9. The quantitative estimate of drug-likeness (QED) is 0.128. The number of hydrogen-bond donors (Lipinski definition) is 0. The molecule has 0 saturated heterocycles. The van der Waals surface area contributed by atoms with Crippen LogP contribution in [0.2, 0.25) is 0 Å². The summed E-state index contributed by atoms with van der Waals surface area (Å²) in [4.78, 5) is 4.85. The van der Waals surface area contributed by atoms with E-state index >= 15 is 0 Å². The minimum Gasteiger partial charge on any atom is -0.238 e. The Balaban J connectivity index is 1.15. The van der Waals surface area contributed by atoms with Crippen LogP contribution in [0.25, 0.3) is 49.8 Å². The molecule has 1 aliphatic rings. The Hall–Kier alpha value is -4.99. The number of fused-ring (bicyclic) bond motifs is 5. The number of ether oxygens (including phenoxy) is 1. The van der Waals surface area contributed by atoms with Crippen LogP contribution in [0.5, 0.6) is 11.5 Å². The molecule has 0 saturated carbocycles. The van der Waals surface area contributed by atoms with Crippen LogP contribution < -0.4 is 4.74 Å². The molecule has 49 heavy (non-hydrogen) atoms. The van der Waals surface area contributed by atoms with Crippen molar-refractivity contribution in [2.24, 2.45) is 7.05 Å². The monoisotopic (exact) mass is 820 g/mol. The Bertz CT molecular complexity index is 2710. The third kappa shape index (κ3) is 5.11. The van der Waals surface area contributed by atoms with E-state index < -0.39 is 6.85 Å². The topological polar surface area (TPSA) is 36.9 Å². The van der Waals surface area contributed by atoms with Gasteiger partial charge in [0.15, 0.2) is 0 Å². The number of para-hydroxylation sites is 3. The summed E-state index contributed by atoms with van der Waals surface area (Å²) >= 11 is 2.45. The van der Waals surface area contributed by atoms with Crippen LogP contribution in [0, 0.1) is 22.8 Å². The first-order valence-corrected chi connectivity index (χ1v) is 17.8. The number of hydrogen-bond acceptors (Lipinski definition) is 2. The predicted molar refractivity (Wildman–Crippen MR) is 193 cm³/mol. The van der Waals surface area contributed by atoms with Crippen LogP contribution >= 0.6 is 0 Å². The maximum absolute atomic E-state index is 8.43. The molecule has 5 nitrogen and oxygen atoms in total.